The SMILES string of the molecule is c1coc(C2=NNCN2C2CC2)c1. The van der Waals surface area contributed by atoms with Crippen molar-refractivity contribution in [3.8, 4) is 0 Å². The topological polar surface area (TPSA) is 40.8 Å². The molecule has 1 fully saturated rings. The number of furan rings is 1. The summed E-state index contributed by atoms with van der Waals surface area (Å²) in [5.74, 6) is 1.81. The minimum absolute atomic E-state index is 0.679. The molecule has 1 aliphatic heterocycles. The molecule has 0 spiro atoms. The molecule has 1 saturated carbocycles. The lowest BCUT2D eigenvalue weighted by Crippen LogP contribution is -2.31. The highest BCUT2D eigenvalue weighted by Gasteiger charge is 2.34. The smallest absolute Gasteiger partial charge is 0.193 e. The zero-order chi connectivity index (χ0) is 8.67. The van der Waals surface area contributed by atoms with Gasteiger partial charge in [0.25, 0.3) is 0 Å². The van der Waals surface area contributed by atoms with Crippen LogP contribution in [0.1, 0.15) is 18.6 Å². The number of hydrogen-bond donors (Lipinski definition) is 1. The predicted octanol–water partition coefficient (Wildman–Crippen LogP) is 0.966. The second-order valence-electron chi connectivity index (χ2n) is 3.43. The molecule has 1 aromatic rings. The van der Waals surface area contributed by atoms with Crippen molar-refractivity contribution in [1.82, 2.24) is 10.3 Å². The number of rotatable bonds is 2. The number of nitrogens with zero attached hydrogens (tertiary/aromatic N) is 2. The first-order valence-corrected chi connectivity index (χ1v) is 4.56. The average molecular weight is 177 g/mol. The van der Waals surface area contributed by atoms with Gasteiger partial charge in [-0.3, -0.25) is 5.43 Å². The quantitative estimate of drug-likeness (QED) is 0.731. The summed E-state index contributed by atoms with van der Waals surface area (Å²) in [5, 5.41) is 4.22. The van der Waals surface area contributed by atoms with Gasteiger partial charge >= 0.3 is 0 Å². The van der Waals surface area contributed by atoms with E-state index in [1.165, 1.54) is 12.8 Å². The van der Waals surface area contributed by atoms with E-state index >= 15 is 0 Å². The fourth-order valence-corrected chi connectivity index (χ4v) is 1.62. The van der Waals surface area contributed by atoms with Crippen molar-refractivity contribution in [2.45, 2.75) is 18.9 Å². The third-order valence-electron chi connectivity index (χ3n) is 2.43. The van der Waals surface area contributed by atoms with E-state index in [9.17, 15) is 0 Å². The molecule has 0 aromatic carbocycles. The molecule has 13 heavy (non-hydrogen) atoms. The largest absolute Gasteiger partial charge is 0.461 e. The number of hydrogen-bond acceptors (Lipinski definition) is 4. The van der Waals surface area contributed by atoms with Gasteiger partial charge in [0.1, 0.15) is 6.67 Å². The average Bonchev–Trinajstić information content (AvgIpc) is 2.72. The second kappa shape index (κ2) is 2.52. The Morgan fingerprint density at radius 2 is 2.46 bits per heavy atom. The number of hydrazone groups is 1. The minimum atomic E-state index is 0.679. The summed E-state index contributed by atoms with van der Waals surface area (Å²) in [6, 6.07) is 4.52. The van der Waals surface area contributed by atoms with Crippen LogP contribution in [-0.4, -0.2) is 23.4 Å². The molecule has 4 heteroatoms. The Bertz CT molecular complexity index is 327. The first-order valence-electron chi connectivity index (χ1n) is 4.56. The minimum Gasteiger partial charge on any atom is -0.461 e. The fourth-order valence-electron chi connectivity index (χ4n) is 1.62. The monoisotopic (exact) mass is 177 g/mol. The Hall–Kier alpha value is -1.45. The van der Waals surface area contributed by atoms with Crippen molar-refractivity contribution < 1.29 is 4.42 Å². The van der Waals surface area contributed by atoms with E-state index < -0.39 is 0 Å². The van der Waals surface area contributed by atoms with Crippen LogP contribution in [0, 0.1) is 0 Å². The van der Waals surface area contributed by atoms with Gasteiger partial charge in [0.15, 0.2) is 11.6 Å². The van der Waals surface area contributed by atoms with E-state index in [-0.39, 0.29) is 0 Å². The zero-order valence-electron chi connectivity index (χ0n) is 7.23. The lowest BCUT2D eigenvalue weighted by Gasteiger charge is -2.16. The Kier molecular flexibility index (Phi) is 1.36. The van der Waals surface area contributed by atoms with Crippen LogP contribution in [0.5, 0.6) is 0 Å². The van der Waals surface area contributed by atoms with Crippen LogP contribution < -0.4 is 5.43 Å². The van der Waals surface area contributed by atoms with Crippen LogP contribution in [0.3, 0.4) is 0 Å². The van der Waals surface area contributed by atoms with Gasteiger partial charge in [0.2, 0.25) is 0 Å². The van der Waals surface area contributed by atoms with E-state index in [0.29, 0.717) is 6.04 Å². The van der Waals surface area contributed by atoms with Gasteiger partial charge in [-0.2, -0.15) is 5.10 Å². The van der Waals surface area contributed by atoms with Crippen molar-refractivity contribution in [2.24, 2.45) is 5.10 Å². The van der Waals surface area contributed by atoms with Gasteiger partial charge in [0, 0.05) is 6.04 Å². The lowest BCUT2D eigenvalue weighted by molar-refractivity contribution is 0.408. The molecule has 0 unspecified atom stereocenters. The molecule has 1 N–H and O–H groups in total. The van der Waals surface area contributed by atoms with Crippen molar-refractivity contribution in [1.29, 1.82) is 0 Å². The highest BCUT2D eigenvalue weighted by Crippen LogP contribution is 2.29. The number of amidine groups is 1. The maximum absolute atomic E-state index is 5.31. The highest BCUT2D eigenvalue weighted by atomic mass is 16.3. The van der Waals surface area contributed by atoms with Crippen LogP contribution >= 0.6 is 0 Å². The van der Waals surface area contributed by atoms with E-state index in [0.717, 1.165) is 18.3 Å². The summed E-state index contributed by atoms with van der Waals surface area (Å²) in [5.41, 5.74) is 2.99. The lowest BCUT2D eigenvalue weighted by atomic mass is 10.4. The molecule has 4 nitrogen and oxygen atoms in total. The van der Waals surface area contributed by atoms with Gasteiger partial charge in [-0.25, -0.2) is 0 Å². The Labute approximate surface area is 76.2 Å². The maximum Gasteiger partial charge on any atom is 0.193 e. The number of nitrogens with one attached hydrogen (secondary N) is 1. The summed E-state index contributed by atoms with van der Waals surface area (Å²) in [6.07, 6.45) is 4.24. The first kappa shape index (κ1) is 7.00. The van der Waals surface area contributed by atoms with Gasteiger partial charge in [0.05, 0.1) is 6.26 Å². The molecule has 0 bridgehead atoms. The standard InChI is InChI=1S/C9H11N3O/c1-2-8(13-5-1)9-11-10-6-12(9)7-3-4-7/h1-2,5,7,10H,3-4,6H2. The Balaban J connectivity index is 1.89. The third-order valence-corrected chi connectivity index (χ3v) is 2.43. The third kappa shape index (κ3) is 1.09. The van der Waals surface area contributed by atoms with Gasteiger partial charge in [-0.1, -0.05) is 0 Å². The molecule has 0 radical (unpaired) electrons. The molecule has 3 rings (SSSR count). The molecule has 0 atom stereocenters. The van der Waals surface area contributed by atoms with E-state index in [1.54, 1.807) is 6.26 Å². The van der Waals surface area contributed by atoms with Crippen LogP contribution in [-0.2, 0) is 0 Å². The first-order chi connectivity index (χ1) is 6.45. The Morgan fingerprint density at radius 1 is 1.54 bits per heavy atom. The summed E-state index contributed by atoms with van der Waals surface area (Å²) < 4.78 is 5.31. The van der Waals surface area contributed by atoms with Gasteiger partial charge in [-0.05, 0) is 25.0 Å². The molecule has 2 heterocycles. The van der Waals surface area contributed by atoms with Crippen LogP contribution in [0.2, 0.25) is 0 Å². The molecule has 68 valence electrons. The summed E-state index contributed by atoms with van der Waals surface area (Å²) in [4.78, 5) is 2.26. The zero-order valence-corrected chi connectivity index (χ0v) is 7.23. The van der Waals surface area contributed by atoms with Crippen molar-refractivity contribution in [2.75, 3.05) is 6.67 Å². The summed E-state index contributed by atoms with van der Waals surface area (Å²) >= 11 is 0. The fraction of sp³-hybridized carbons (Fsp3) is 0.444. The van der Waals surface area contributed by atoms with Crippen molar-refractivity contribution in [3.63, 3.8) is 0 Å². The molecular weight excluding hydrogens is 166 g/mol. The Morgan fingerprint density at radius 3 is 3.15 bits per heavy atom. The van der Waals surface area contributed by atoms with Crippen LogP contribution in [0.25, 0.3) is 0 Å². The van der Waals surface area contributed by atoms with Gasteiger partial charge in [-0.15, -0.1) is 0 Å². The predicted molar refractivity (Wildman–Crippen MR) is 48.1 cm³/mol. The summed E-state index contributed by atoms with van der Waals surface area (Å²) in [7, 11) is 0. The second-order valence-corrected chi connectivity index (χ2v) is 3.43. The van der Waals surface area contributed by atoms with Crippen molar-refractivity contribution >= 4 is 5.84 Å². The van der Waals surface area contributed by atoms with E-state index in [2.05, 4.69) is 15.4 Å². The van der Waals surface area contributed by atoms with Crippen LogP contribution in [0.15, 0.2) is 27.9 Å². The van der Waals surface area contributed by atoms with Gasteiger partial charge < -0.3 is 9.32 Å². The molecule has 0 saturated heterocycles. The maximum atomic E-state index is 5.31. The van der Waals surface area contributed by atoms with Crippen molar-refractivity contribution in [3.05, 3.63) is 24.2 Å². The van der Waals surface area contributed by atoms with E-state index in [4.69, 9.17) is 4.42 Å². The molecular formula is C9H11N3O. The molecule has 2 aliphatic rings. The normalized spacial score (nSPS) is 21.5. The highest BCUT2D eigenvalue weighted by molar-refractivity contribution is 5.97. The molecule has 1 aromatic heterocycles. The molecule has 0 amide bonds. The summed E-state index contributed by atoms with van der Waals surface area (Å²) in [6.45, 7) is 0.820. The van der Waals surface area contributed by atoms with E-state index in [1.807, 2.05) is 12.1 Å². The molecule has 1 aliphatic carbocycles. The van der Waals surface area contributed by atoms with Crippen LogP contribution in [0.4, 0.5) is 0 Å².